The molecular weight excluding hydrogens is 276 g/mol. The first-order valence-electron chi connectivity index (χ1n) is 5.94. The number of phenols is 1. The van der Waals surface area contributed by atoms with Gasteiger partial charge in [-0.25, -0.2) is 9.78 Å². The molecule has 0 aliphatic rings. The summed E-state index contributed by atoms with van der Waals surface area (Å²) >= 11 is 0. The average molecular weight is 284 g/mol. The molecule has 21 heavy (non-hydrogen) atoms. The molecule has 7 heteroatoms. The van der Waals surface area contributed by atoms with Crippen molar-refractivity contribution >= 4 is 16.6 Å². The standard InChI is InChI=1S/C14H8N2O5/c17-11-3-1-2-10-12(11)14(18)21-13(15-10)8-4-6-9(7-5-8)16(19)20/h1-7,17H. The smallest absolute Gasteiger partial charge is 0.350 e. The lowest BCUT2D eigenvalue weighted by molar-refractivity contribution is -0.384. The van der Waals surface area contributed by atoms with Gasteiger partial charge in [0, 0.05) is 17.7 Å². The first-order chi connectivity index (χ1) is 10.1. The zero-order valence-electron chi connectivity index (χ0n) is 10.5. The fraction of sp³-hybridized carbons (Fsp3) is 0. The molecule has 7 nitrogen and oxygen atoms in total. The lowest BCUT2D eigenvalue weighted by Gasteiger charge is -2.02. The van der Waals surface area contributed by atoms with Crippen molar-refractivity contribution in [3.63, 3.8) is 0 Å². The number of nitro groups is 1. The number of hydrogen-bond donors (Lipinski definition) is 1. The summed E-state index contributed by atoms with van der Waals surface area (Å²) in [5.74, 6) is -0.169. The van der Waals surface area contributed by atoms with Gasteiger partial charge in [-0.15, -0.1) is 0 Å². The molecule has 2 aromatic carbocycles. The molecule has 0 atom stereocenters. The second kappa shape index (κ2) is 4.71. The fourth-order valence-electron chi connectivity index (χ4n) is 1.95. The monoisotopic (exact) mass is 284 g/mol. The Bertz CT molecular complexity index is 899. The van der Waals surface area contributed by atoms with Crippen LogP contribution in [0.5, 0.6) is 5.75 Å². The van der Waals surface area contributed by atoms with Crippen molar-refractivity contribution in [3.8, 4) is 17.2 Å². The van der Waals surface area contributed by atoms with Gasteiger partial charge in [-0.2, -0.15) is 0 Å². The molecular formula is C14H8N2O5. The number of aromatic nitrogens is 1. The van der Waals surface area contributed by atoms with Crippen LogP contribution in [0.15, 0.2) is 51.7 Å². The minimum atomic E-state index is -0.716. The first kappa shape index (κ1) is 12.8. The van der Waals surface area contributed by atoms with Gasteiger partial charge in [-0.3, -0.25) is 10.1 Å². The van der Waals surface area contributed by atoms with Crippen LogP contribution in [-0.2, 0) is 0 Å². The van der Waals surface area contributed by atoms with Crippen LogP contribution >= 0.6 is 0 Å². The number of nitro benzene ring substituents is 1. The van der Waals surface area contributed by atoms with Crippen molar-refractivity contribution in [2.45, 2.75) is 0 Å². The summed E-state index contributed by atoms with van der Waals surface area (Å²) in [4.78, 5) is 26.1. The third-order valence-electron chi connectivity index (χ3n) is 2.96. The largest absolute Gasteiger partial charge is 0.507 e. The van der Waals surface area contributed by atoms with Crippen LogP contribution in [0, 0.1) is 10.1 Å². The molecule has 104 valence electrons. The minimum Gasteiger partial charge on any atom is -0.507 e. The van der Waals surface area contributed by atoms with Gasteiger partial charge in [0.2, 0.25) is 5.89 Å². The van der Waals surface area contributed by atoms with E-state index in [4.69, 9.17) is 4.42 Å². The molecule has 0 amide bonds. The highest BCUT2D eigenvalue weighted by Gasteiger charge is 2.12. The highest BCUT2D eigenvalue weighted by molar-refractivity contribution is 5.84. The number of phenolic OH excluding ortho intramolecular Hbond substituents is 1. The van der Waals surface area contributed by atoms with Crippen molar-refractivity contribution < 1.29 is 14.4 Å². The van der Waals surface area contributed by atoms with Crippen LogP contribution in [0.1, 0.15) is 0 Å². The third kappa shape index (κ3) is 2.20. The zero-order chi connectivity index (χ0) is 15.0. The lowest BCUT2D eigenvalue weighted by Crippen LogP contribution is -2.03. The van der Waals surface area contributed by atoms with Gasteiger partial charge in [0.15, 0.2) is 0 Å². The first-order valence-corrected chi connectivity index (χ1v) is 5.94. The number of hydrogen-bond acceptors (Lipinski definition) is 6. The van der Waals surface area contributed by atoms with Gasteiger partial charge in [0.1, 0.15) is 11.1 Å². The maximum absolute atomic E-state index is 11.9. The Balaban J connectivity index is 2.17. The van der Waals surface area contributed by atoms with Crippen LogP contribution in [0.25, 0.3) is 22.4 Å². The van der Waals surface area contributed by atoms with Gasteiger partial charge >= 0.3 is 5.63 Å². The van der Waals surface area contributed by atoms with E-state index in [0.717, 1.165) is 0 Å². The SMILES string of the molecule is O=c1oc(-c2ccc([N+](=O)[O-])cc2)nc2cccc(O)c12. The number of benzene rings is 2. The van der Waals surface area contributed by atoms with Gasteiger partial charge in [-0.1, -0.05) is 6.07 Å². The van der Waals surface area contributed by atoms with Crippen LogP contribution < -0.4 is 5.63 Å². The van der Waals surface area contributed by atoms with Crippen LogP contribution in [0.2, 0.25) is 0 Å². The molecule has 0 unspecified atom stereocenters. The highest BCUT2D eigenvalue weighted by Crippen LogP contribution is 2.24. The van der Waals surface area contributed by atoms with E-state index in [0.29, 0.717) is 11.1 Å². The second-order valence-corrected chi connectivity index (χ2v) is 4.28. The van der Waals surface area contributed by atoms with E-state index in [1.54, 1.807) is 12.1 Å². The molecule has 0 saturated carbocycles. The van der Waals surface area contributed by atoms with Crippen molar-refractivity contribution in [2.75, 3.05) is 0 Å². The van der Waals surface area contributed by atoms with Gasteiger partial charge < -0.3 is 9.52 Å². The van der Waals surface area contributed by atoms with Gasteiger partial charge in [0.05, 0.1) is 10.4 Å². The third-order valence-corrected chi connectivity index (χ3v) is 2.96. The highest BCUT2D eigenvalue weighted by atomic mass is 16.6. The number of non-ortho nitro benzene ring substituents is 1. The topological polar surface area (TPSA) is 106 Å². The predicted octanol–water partition coefficient (Wildman–Crippen LogP) is 2.47. The van der Waals surface area contributed by atoms with Crippen molar-refractivity contribution in [3.05, 3.63) is 63.0 Å². The summed E-state index contributed by atoms with van der Waals surface area (Å²) in [6.07, 6.45) is 0. The second-order valence-electron chi connectivity index (χ2n) is 4.28. The number of nitrogens with zero attached hydrogens (tertiary/aromatic N) is 2. The normalized spacial score (nSPS) is 10.7. The van der Waals surface area contributed by atoms with Gasteiger partial charge in [0.25, 0.3) is 5.69 Å². The minimum absolute atomic E-state index is 0.00293. The van der Waals surface area contributed by atoms with E-state index in [2.05, 4.69) is 4.98 Å². The predicted molar refractivity (Wildman–Crippen MR) is 74.0 cm³/mol. The summed E-state index contributed by atoms with van der Waals surface area (Å²) in [6.45, 7) is 0. The average Bonchev–Trinajstić information content (AvgIpc) is 2.47. The van der Waals surface area contributed by atoms with Crippen molar-refractivity contribution in [2.24, 2.45) is 0 Å². The summed E-state index contributed by atoms with van der Waals surface area (Å²) in [5, 5.41) is 20.2. The van der Waals surface area contributed by atoms with Crippen LogP contribution in [-0.4, -0.2) is 15.0 Å². The maximum Gasteiger partial charge on any atom is 0.350 e. The van der Waals surface area contributed by atoms with E-state index in [9.17, 15) is 20.0 Å². The molecule has 1 heterocycles. The summed E-state index contributed by atoms with van der Waals surface area (Å²) < 4.78 is 5.06. The van der Waals surface area contributed by atoms with E-state index in [-0.39, 0.29) is 22.7 Å². The molecule has 0 radical (unpaired) electrons. The summed E-state index contributed by atoms with van der Waals surface area (Å²) in [5.41, 5.74) is -0.0615. The summed E-state index contributed by atoms with van der Waals surface area (Å²) in [6, 6.07) is 9.97. The molecule has 3 rings (SSSR count). The van der Waals surface area contributed by atoms with Gasteiger partial charge in [-0.05, 0) is 24.3 Å². The quantitative estimate of drug-likeness (QED) is 0.572. The zero-order valence-corrected chi connectivity index (χ0v) is 10.5. The molecule has 3 aromatic rings. The molecule has 0 aliphatic heterocycles. The molecule has 1 N–H and O–H groups in total. The lowest BCUT2D eigenvalue weighted by atomic mass is 10.2. The van der Waals surface area contributed by atoms with Crippen molar-refractivity contribution in [1.82, 2.24) is 4.98 Å². The number of fused-ring (bicyclic) bond motifs is 1. The maximum atomic E-state index is 11.9. The molecule has 0 saturated heterocycles. The fourth-order valence-corrected chi connectivity index (χ4v) is 1.95. The Kier molecular flexibility index (Phi) is 2.87. The van der Waals surface area contributed by atoms with Crippen molar-refractivity contribution in [1.29, 1.82) is 0 Å². The molecule has 0 aliphatic carbocycles. The Morgan fingerprint density at radius 3 is 2.52 bits per heavy atom. The summed E-state index contributed by atoms with van der Waals surface area (Å²) in [7, 11) is 0. The Morgan fingerprint density at radius 1 is 1.14 bits per heavy atom. The molecule has 0 bridgehead atoms. The molecule has 1 aromatic heterocycles. The number of aromatic hydroxyl groups is 1. The molecule has 0 fully saturated rings. The Hall–Kier alpha value is -3.22. The Morgan fingerprint density at radius 2 is 1.86 bits per heavy atom. The van der Waals surface area contributed by atoms with E-state index < -0.39 is 10.5 Å². The van der Waals surface area contributed by atoms with Crippen LogP contribution in [0.4, 0.5) is 5.69 Å². The van der Waals surface area contributed by atoms with E-state index in [1.807, 2.05) is 0 Å². The molecule has 0 spiro atoms. The van der Waals surface area contributed by atoms with E-state index in [1.165, 1.54) is 30.3 Å². The van der Waals surface area contributed by atoms with Crippen LogP contribution in [0.3, 0.4) is 0 Å². The Labute approximate surface area is 117 Å². The van der Waals surface area contributed by atoms with E-state index >= 15 is 0 Å². The number of rotatable bonds is 2.